The van der Waals surface area contributed by atoms with Gasteiger partial charge in [0.1, 0.15) is 6.23 Å². The lowest BCUT2D eigenvalue weighted by molar-refractivity contribution is 0.252. The van der Waals surface area contributed by atoms with Gasteiger partial charge < -0.3 is 31.3 Å². The van der Waals surface area contributed by atoms with Crippen LogP contribution < -0.4 is 21.3 Å². The van der Waals surface area contributed by atoms with Gasteiger partial charge in [-0.3, -0.25) is 0 Å². The third-order valence-electron chi connectivity index (χ3n) is 6.11. The molecule has 0 fully saturated rings. The Bertz CT molecular complexity index is 1210. The summed E-state index contributed by atoms with van der Waals surface area (Å²) < 4.78 is 15.4. The van der Waals surface area contributed by atoms with E-state index in [2.05, 4.69) is 51.7 Å². The highest BCUT2D eigenvalue weighted by atomic mass is 19.1. The van der Waals surface area contributed by atoms with Crippen LogP contribution in [0.25, 0.3) is 11.1 Å². The van der Waals surface area contributed by atoms with Crippen molar-refractivity contribution in [1.29, 1.82) is 0 Å². The molecule has 0 radical (unpaired) electrons. The van der Waals surface area contributed by atoms with Crippen molar-refractivity contribution >= 4 is 29.0 Å². The number of para-hydroxylation sites is 1. The average molecular weight is 489 g/mol. The van der Waals surface area contributed by atoms with Crippen LogP contribution in [0.1, 0.15) is 12.5 Å². The summed E-state index contributed by atoms with van der Waals surface area (Å²) in [6.07, 6.45) is 1.63. The Hall–Kier alpha value is -3.88. The van der Waals surface area contributed by atoms with E-state index in [9.17, 15) is 5.11 Å². The second-order valence-corrected chi connectivity index (χ2v) is 8.63. The molecule has 0 aromatic heterocycles. The van der Waals surface area contributed by atoms with Gasteiger partial charge >= 0.3 is 0 Å². The van der Waals surface area contributed by atoms with Gasteiger partial charge in [-0.1, -0.05) is 43.8 Å². The fraction of sp³-hybridized carbons (Fsp3) is 0.250. The number of aliphatic imine (C=N–C) groups is 1. The predicted octanol–water partition coefficient (Wildman–Crippen LogP) is 5.01. The highest BCUT2D eigenvalue weighted by molar-refractivity contribution is 5.97. The van der Waals surface area contributed by atoms with E-state index in [0.29, 0.717) is 11.1 Å². The molecule has 7 nitrogen and oxygen atoms in total. The molecule has 0 saturated carbocycles. The zero-order valence-corrected chi connectivity index (χ0v) is 20.6. The van der Waals surface area contributed by atoms with Crippen LogP contribution >= 0.6 is 0 Å². The minimum Gasteiger partial charge on any atom is -0.384 e. The maximum atomic E-state index is 15.4. The van der Waals surface area contributed by atoms with Gasteiger partial charge in [0.15, 0.2) is 12.1 Å². The molecule has 2 unspecified atom stereocenters. The van der Waals surface area contributed by atoms with Crippen LogP contribution in [0.4, 0.5) is 27.1 Å². The third-order valence-corrected chi connectivity index (χ3v) is 6.11. The molecule has 1 aliphatic heterocycles. The fourth-order valence-corrected chi connectivity index (χ4v) is 3.93. The summed E-state index contributed by atoms with van der Waals surface area (Å²) in [6, 6.07) is 18.8. The highest BCUT2D eigenvalue weighted by Crippen LogP contribution is 2.36. The monoisotopic (exact) mass is 488 g/mol. The van der Waals surface area contributed by atoms with E-state index in [0.717, 1.165) is 42.3 Å². The first kappa shape index (κ1) is 25.2. The molecular formula is C28H33FN6O. The zero-order chi connectivity index (χ0) is 25.5. The molecule has 0 aliphatic carbocycles. The van der Waals surface area contributed by atoms with Crippen molar-refractivity contribution in [1.82, 2.24) is 4.90 Å². The highest BCUT2D eigenvalue weighted by Gasteiger charge is 2.20. The molecule has 2 atom stereocenters. The smallest absolute Gasteiger partial charge is 0.194 e. The molecule has 0 saturated heterocycles. The van der Waals surface area contributed by atoms with E-state index in [4.69, 9.17) is 0 Å². The molecule has 3 aromatic rings. The van der Waals surface area contributed by atoms with Crippen molar-refractivity contribution in [2.75, 3.05) is 47.9 Å². The molecule has 36 heavy (non-hydrogen) atoms. The lowest BCUT2D eigenvalue weighted by Crippen LogP contribution is -2.30. The van der Waals surface area contributed by atoms with Crippen LogP contribution in [0.2, 0.25) is 0 Å². The lowest BCUT2D eigenvalue weighted by Gasteiger charge is -2.26. The quantitative estimate of drug-likeness (QED) is 0.193. The van der Waals surface area contributed by atoms with Gasteiger partial charge in [0.2, 0.25) is 0 Å². The van der Waals surface area contributed by atoms with Crippen LogP contribution in [-0.4, -0.2) is 55.4 Å². The van der Waals surface area contributed by atoms with Gasteiger partial charge in [-0.2, -0.15) is 0 Å². The summed E-state index contributed by atoms with van der Waals surface area (Å²) in [7, 11) is 2.10. The molecule has 188 valence electrons. The average Bonchev–Trinajstić information content (AvgIpc) is 2.90. The Kier molecular flexibility index (Phi) is 8.20. The standard InChI is InChI=1S/C28H33FN6O/c1-4-25(36)33-24-11-7-9-22(26(24)29)23-10-6-8-19-18-31-28(34-27(19)23)32-21-14-12-20(13-15-21)30-16-17-35(3)5-2/h4,6-15,18,25,28,30,32-34,36H,1,5,16-17H2,2-3H3. The first-order valence-corrected chi connectivity index (χ1v) is 12.1. The van der Waals surface area contributed by atoms with E-state index < -0.39 is 18.3 Å². The second-order valence-electron chi connectivity index (χ2n) is 8.63. The number of aliphatic hydroxyl groups is 1. The SMILES string of the molecule is C=CC(O)Nc1cccc(-c2cccc3c2NC(Nc2ccc(NCCN(C)CC)cc2)N=C3)c1F. The maximum absolute atomic E-state index is 15.4. The third kappa shape index (κ3) is 6.02. The minimum absolute atomic E-state index is 0.201. The van der Waals surface area contributed by atoms with Crippen LogP contribution in [0, 0.1) is 5.82 Å². The second kappa shape index (κ2) is 11.7. The summed E-state index contributed by atoms with van der Waals surface area (Å²) in [6.45, 7) is 8.55. The summed E-state index contributed by atoms with van der Waals surface area (Å²) in [5.74, 6) is -0.450. The van der Waals surface area contributed by atoms with Crippen molar-refractivity contribution in [2.24, 2.45) is 4.99 Å². The molecule has 0 amide bonds. The number of halogens is 1. The van der Waals surface area contributed by atoms with Gasteiger partial charge in [0.05, 0.1) is 11.4 Å². The molecule has 4 rings (SSSR count). The number of hydrogen-bond donors (Lipinski definition) is 5. The summed E-state index contributed by atoms with van der Waals surface area (Å²) >= 11 is 0. The van der Waals surface area contributed by atoms with Crippen LogP contribution in [0.5, 0.6) is 0 Å². The molecule has 5 N–H and O–H groups in total. The Labute approximate surface area is 211 Å². The number of nitrogens with one attached hydrogen (secondary N) is 4. The Balaban J connectivity index is 1.48. The molecule has 0 bridgehead atoms. The number of benzene rings is 3. The van der Waals surface area contributed by atoms with Crippen molar-refractivity contribution in [2.45, 2.75) is 19.4 Å². The largest absolute Gasteiger partial charge is 0.384 e. The number of likely N-dealkylation sites (N-methyl/N-ethyl adjacent to an activating group) is 1. The summed E-state index contributed by atoms with van der Waals surface area (Å²) in [5.41, 5.74) is 4.94. The van der Waals surface area contributed by atoms with E-state index in [1.54, 1.807) is 24.4 Å². The van der Waals surface area contributed by atoms with Gasteiger partial charge in [0.25, 0.3) is 0 Å². The molecule has 0 spiro atoms. The number of rotatable bonds is 11. The number of hydrogen-bond acceptors (Lipinski definition) is 7. The number of fused-ring (bicyclic) bond motifs is 1. The number of anilines is 4. The van der Waals surface area contributed by atoms with E-state index in [1.165, 1.54) is 6.08 Å². The number of nitrogens with zero attached hydrogens (tertiary/aromatic N) is 2. The number of aliphatic hydroxyl groups excluding tert-OH is 1. The van der Waals surface area contributed by atoms with E-state index >= 15 is 4.39 Å². The molecule has 3 aromatic carbocycles. The van der Waals surface area contributed by atoms with E-state index in [1.807, 2.05) is 42.5 Å². The summed E-state index contributed by atoms with van der Waals surface area (Å²) in [5, 5.41) is 22.7. The van der Waals surface area contributed by atoms with Crippen LogP contribution in [0.15, 0.2) is 78.3 Å². The van der Waals surface area contributed by atoms with Gasteiger partial charge in [-0.25, -0.2) is 9.38 Å². The Morgan fingerprint density at radius 2 is 1.83 bits per heavy atom. The van der Waals surface area contributed by atoms with Crippen LogP contribution in [0.3, 0.4) is 0 Å². The maximum Gasteiger partial charge on any atom is 0.194 e. The van der Waals surface area contributed by atoms with Crippen molar-refractivity contribution in [3.8, 4) is 11.1 Å². The first-order chi connectivity index (χ1) is 17.5. The molecule has 8 heteroatoms. The Morgan fingerprint density at radius 1 is 1.11 bits per heavy atom. The van der Waals surface area contributed by atoms with Crippen LogP contribution in [-0.2, 0) is 0 Å². The Morgan fingerprint density at radius 3 is 2.58 bits per heavy atom. The fourth-order valence-electron chi connectivity index (χ4n) is 3.93. The van der Waals surface area contributed by atoms with Gasteiger partial charge in [-0.05, 0) is 50.0 Å². The first-order valence-electron chi connectivity index (χ1n) is 12.1. The topological polar surface area (TPSA) is 83.9 Å². The van der Waals surface area contributed by atoms with Gasteiger partial charge in [-0.15, -0.1) is 0 Å². The molecule has 1 heterocycles. The zero-order valence-electron chi connectivity index (χ0n) is 20.6. The summed E-state index contributed by atoms with van der Waals surface area (Å²) in [4.78, 5) is 6.83. The van der Waals surface area contributed by atoms with Crippen molar-refractivity contribution < 1.29 is 9.50 Å². The molecule has 1 aliphatic rings. The predicted molar refractivity (Wildman–Crippen MR) is 148 cm³/mol. The van der Waals surface area contributed by atoms with Crippen molar-refractivity contribution in [3.05, 3.63) is 84.7 Å². The van der Waals surface area contributed by atoms with Gasteiger partial charge in [0, 0.05) is 47.4 Å². The minimum atomic E-state index is -1.04. The van der Waals surface area contributed by atoms with E-state index in [-0.39, 0.29) is 5.69 Å². The molecular weight excluding hydrogens is 455 g/mol. The lowest BCUT2D eigenvalue weighted by atomic mass is 9.98. The van der Waals surface area contributed by atoms with Crippen molar-refractivity contribution in [3.63, 3.8) is 0 Å². The normalized spacial score (nSPS) is 15.1.